The fraction of sp³-hybridized carbons (Fsp3) is 0.133. The van der Waals surface area contributed by atoms with E-state index in [1.807, 2.05) is 6.07 Å². The van der Waals surface area contributed by atoms with E-state index in [0.717, 1.165) is 6.07 Å². The predicted octanol–water partition coefficient (Wildman–Crippen LogP) is 2.12. The number of carbonyl (C=O) groups is 2. The van der Waals surface area contributed by atoms with Gasteiger partial charge in [0.15, 0.2) is 0 Å². The Kier molecular flexibility index (Phi) is 4.52. The van der Waals surface area contributed by atoms with Crippen LogP contribution in [0.4, 0.5) is 11.4 Å². The fourth-order valence-corrected chi connectivity index (χ4v) is 2.09. The van der Waals surface area contributed by atoms with Crippen molar-refractivity contribution in [3.05, 3.63) is 46.0 Å². The SMILES string of the molecule is CCOC(=O)C(=O)Nc1c([N+](=O)[O-])cc(C#N)c2ccccc12. The zero-order valence-electron chi connectivity index (χ0n) is 12.0. The van der Waals surface area contributed by atoms with Crippen molar-refractivity contribution in [2.75, 3.05) is 11.9 Å². The van der Waals surface area contributed by atoms with Gasteiger partial charge in [-0.1, -0.05) is 24.3 Å². The summed E-state index contributed by atoms with van der Waals surface area (Å²) in [7, 11) is 0. The lowest BCUT2D eigenvalue weighted by Gasteiger charge is -2.10. The second kappa shape index (κ2) is 6.53. The van der Waals surface area contributed by atoms with Gasteiger partial charge in [0, 0.05) is 16.8 Å². The van der Waals surface area contributed by atoms with Gasteiger partial charge < -0.3 is 10.1 Å². The molecule has 0 bridgehead atoms. The van der Waals surface area contributed by atoms with Crippen molar-refractivity contribution in [3.63, 3.8) is 0 Å². The summed E-state index contributed by atoms with van der Waals surface area (Å²) in [4.78, 5) is 33.7. The smallest absolute Gasteiger partial charge is 0.397 e. The Balaban J connectivity index is 2.64. The molecular weight excluding hydrogens is 302 g/mol. The van der Waals surface area contributed by atoms with Crippen molar-refractivity contribution in [3.8, 4) is 6.07 Å². The van der Waals surface area contributed by atoms with Crippen LogP contribution in [0.5, 0.6) is 0 Å². The number of fused-ring (bicyclic) bond motifs is 1. The number of nitrogens with one attached hydrogen (secondary N) is 1. The van der Waals surface area contributed by atoms with Gasteiger partial charge in [0.25, 0.3) is 5.69 Å². The van der Waals surface area contributed by atoms with Gasteiger partial charge in [-0.25, -0.2) is 4.79 Å². The molecule has 0 spiro atoms. The Hall–Kier alpha value is -3.47. The first-order valence-corrected chi connectivity index (χ1v) is 6.58. The number of nitro benzene ring substituents is 1. The Morgan fingerprint density at radius 2 is 2.00 bits per heavy atom. The Morgan fingerprint density at radius 1 is 1.35 bits per heavy atom. The molecule has 0 fully saturated rings. The molecule has 0 aliphatic rings. The predicted molar refractivity (Wildman–Crippen MR) is 80.6 cm³/mol. The van der Waals surface area contributed by atoms with Crippen LogP contribution in [-0.2, 0) is 14.3 Å². The van der Waals surface area contributed by atoms with E-state index in [-0.39, 0.29) is 23.2 Å². The molecule has 0 saturated carbocycles. The summed E-state index contributed by atoms with van der Waals surface area (Å²) in [6.45, 7) is 1.53. The molecule has 0 atom stereocenters. The van der Waals surface area contributed by atoms with Crippen molar-refractivity contribution in [2.24, 2.45) is 0 Å². The number of esters is 1. The van der Waals surface area contributed by atoms with Gasteiger partial charge in [0.2, 0.25) is 0 Å². The third-order valence-electron chi connectivity index (χ3n) is 3.04. The first kappa shape index (κ1) is 15.9. The average molecular weight is 313 g/mol. The second-order valence-electron chi connectivity index (χ2n) is 4.41. The Morgan fingerprint density at radius 3 is 2.57 bits per heavy atom. The maximum absolute atomic E-state index is 11.8. The van der Waals surface area contributed by atoms with Crippen LogP contribution in [-0.4, -0.2) is 23.4 Å². The van der Waals surface area contributed by atoms with E-state index in [4.69, 9.17) is 5.26 Å². The summed E-state index contributed by atoms with van der Waals surface area (Å²) >= 11 is 0. The highest BCUT2D eigenvalue weighted by Gasteiger charge is 2.24. The van der Waals surface area contributed by atoms with Crippen LogP contribution in [0.1, 0.15) is 12.5 Å². The molecule has 0 radical (unpaired) electrons. The maximum Gasteiger partial charge on any atom is 0.397 e. The summed E-state index contributed by atoms with van der Waals surface area (Å²) in [5.41, 5.74) is -0.526. The molecule has 2 rings (SSSR count). The molecule has 0 aromatic heterocycles. The third kappa shape index (κ3) is 3.08. The van der Waals surface area contributed by atoms with E-state index in [2.05, 4.69) is 10.1 Å². The Labute approximate surface area is 130 Å². The van der Waals surface area contributed by atoms with E-state index >= 15 is 0 Å². The minimum atomic E-state index is -1.14. The van der Waals surface area contributed by atoms with Crippen LogP contribution in [0.2, 0.25) is 0 Å². The quantitative estimate of drug-likeness (QED) is 0.401. The molecule has 23 heavy (non-hydrogen) atoms. The Bertz CT molecular complexity index is 854. The largest absolute Gasteiger partial charge is 0.459 e. The lowest BCUT2D eigenvalue weighted by molar-refractivity contribution is -0.383. The van der Waals surface area contributed by atoms with Gasteiger partial charge in [0.1, 0.15) is 11.8 Å². The van der Waals surface area contributed by atoms with Crippen molar-refractivity contribution in [1.82, 2.24) is 0 Å². The molecule has 116 valence electrons. The molecule has 8 heteroatoms. The minimum absolute atomic E-state index is 0.00244. The van der Waals surface area contributed by atoms with Crippen molar-refractivity contribution in [2.45, 2.75) is 6.92 Å². The van der Waals surface area contributed by atoms with Crippen LogP contribution in [0.3, 0.4) is 0 Å². The number of rotatable bonds is 3. The summed E-state index contributed by atoms with van der Waals surface area (Å²) in [5.74, 6) is -2.26. The summed E-state index contributed by atoms with van der Waals surface area (Å²) in [6.07, 6.45) is 0. The second-order valence-corrected chi connectivity index (χ2v) is 4.41. The standard InChI is InChI=1S/C15H11N3O5/c1-2-23-15(20)14(19)17-13-11-6-4-3-5-10(11)9(8-16)7-12(13)18(21)22/h3-7H,2H2,1H3,(H,17,19). The minimum Gasteiger partial charge on any atom is -0.459 e. The van der Waals surface area contributed by atoms with Crippen molar-refractivity contribution < 1.29 is 19.2 Å². The lowest BCUT2D eigenvalue weighted by Crippen LogP contribution is -2.25. The highest BCUT2D eigenvalue weighted by atomic mass is 16.6. The molecule has 0 heterocycles. The number of benzene rings is 2. The van der Waals surface area contributed by atoms with Gasteiger partial charge in [-0.15, -0.1) is 0 Å². The van der Waals surface area contributed by atoms with Crippen LogP contribution in [0, 0.1) is 21.4 Å². The lowest BCUT2D eigenvalue weighted by atomic mass is 10.0. The van der Waals surface area contributed by atoms with E-state index < -0.39 is 22.5 Å². The normalized spacial score (nSPS) is 9.91. The zero-order chi connectivity index (χ0) is 17.0. The topological polar surface area (TPSA) is 122 Å². The molecule has 0 unspecified atom stereocenters. The molecule has 2 aromatic rings. The summed E-state index contributed by atoms with van der Waals surface area (Å²) in [6, 6.07) is 9.31. The number of hydrogen-bond donors (Lipinski definition) is 1. The maximum atomic E-state index is 11.8. The van der Waals surface area contributed by atoms with E-state index in [1.54, 1.807) is 18.2 Å². The van der Waals surface area contributed by atoms with E-state index in [0.29, 0.717) is 5.39 Å². The number of carbonyl (C=O) groups excluding carboxylic acids is 2. The van der Waals surface area contributed by atoms with Gasteiger partial charge >= 0.3 is 11.9 Å². The summed E-state index contributed by atoms with van der Waals surface area (Å²) < 4.78 is 4.56. The number of hydrogen-bond acceptors (Lipinski definition) is 6. The van der Waals surface area contributed by atoms with E-state index in [1.165, 1.54) is 13.0 Å². The third-order valence-corrected chi connectivity index (χ3v) is 3.04. The molecular formula is C15H11N3O5. The number of nitro groups is 1. The van der Waals surface area contributed by atoms with Crippen LogP contribution < -0.4 is 5.32 Å². The molecule has 1 amide bonds. The average Bonchev–Trinajstić information content (AvgIpc) is 2.54. The number of amides is 1. The molecule has 2 aromatic carbocycles. The summed E-state index contributed by atoms with van der Waals surface area (Å²) in [5, 5.41) is 23.3. The number of nitriles is 1. The zero-order valence-corrected chi connectivity index (χ0v) is 12.0. The van der Waals surface area contributed by atoms with Gasteiger partial charge in [-0.05, 0) is 6.92 Å². The molecule has 1 N–H and O–H groups in total. The molecule has 8 nitrogen and oxygen atoms in total. The number of ether oxygens (including phenoxy) is 1. The van der Waals surface area contributed by atoms with Crippen LogP contribution in [0.25, 0.3) is 10.8 Å². The monoisotopic (exact) mass is 313 g/mol. The van der Waals surface area contributed by atoms with Gasteiger partial charge in [-0.3, -0.25) is 14.9 Å². The van der Waals surface area contributed by atoms with Crippen LogP contribution >= 0.6 is 0 Å². The first-order chi connectivity index (χ1) is 11.0. The molecule has 0 saturated heterocycles. The van der Waals surface area contributed by atoms with Crippen molar-refractivity contribution in [1.29, 1.82) is 5.26 Å². The highest BCUT2D eigenvalue weighted by molar-refractivity contribution is 6.38. The molecule has 0 aliphatic carbocycles. The number of nitrogens with zero attached hydrogens (tertiary/aromatic N) is 2. The fourth-order valence-electron chi connectivity index (χ4n) is 2.09. The van der Waals surface area contributed by atoms with E-state index in [9.17, 15) is 19.7 Å². The number of anilines is 1. The highest BCUT2D eigenvalue weighted by Crippen LogP contribution is 2.35. The first-order valence-electron chi connectivity index (χ1n) is 6.58. The van der Waals surface area contributed by atoms with Gasteiger partial charge in [-0.2, -0.15) is 5.26 Å². The molecule has 0 aliphatic heterocycles. The van der Waals surface area contributed by atoms with Crippen LogP contribution in [0.15, 0.2) is 30.3 Å². The van der Waals surface area contributed by atoms with Crippen molar-refractivity contribution >= 4 is 34.0 Å². The van der Waals surface area contributed by atoms with Gasteiger partial charge in [0.05, 0.1) is 17.1 Å².